The van der Waals surface area contributed by atoms with Crippen LogP contribution >= 0.6 is 0 Å². The van der Waals surface area contributed by atoms with Crippen molar-refractivity contribution in [2.24, 2.45) is 0 Å². The summed E-state index contributed by atoms with van der Waals surface area (Å²) in [6, 6.07) is 21.5. The minimum atomic E-state index is -1.05. The Morgan fingerprint density at radius 2 is 1.27 bits per heavy atom. The van der Waals surface area contributed by atoms with Gasteiger partial charge in [0.05, 0.1) is 26.2 Å². The number of piperidine rings is 1. The molecule has 2 aliphatic rings. The SMILES string of the molecule is C[N+]1(C)C2CCC1CC(=CC(O)(c1ccccc1)c1ccccc1)C2.[I-]. The highest BCUT2D eigenvalue weighted by Gasteiger charge is 2.47. The Morgan fingerprint density at radius 1 is 0.846 bits per heavy atom. The lowest BCUT2D eigenvalue weighted by Crippen LogP contribution is -3.00. The first kappa shape index (κ1) is 19.6. The van der Waals surface area contributed by atoms with Gasteiger partial charge >= 0.3 is 0 Å². The van der Waals surface area contributed by atoms with Crippen molar-refractivity contribution >= 4 is 0 Å². The predicted octanol–water partition coefficient (Wildman–Crippen LogP) is 1.25. The summed E-state index contributed by atoms with van der Waals surface area (Å²) in [6.07, 6.45) is 6.98. The summed E-state index contributed by atoms with van der Waals surface area (Å²) in [4.78, 5) is 0. The molecule has 2 saturated heterocycles. The third-order valence-electron chi connectivity index (χ3n) is 6.55. The van der Waals surface area contributed by atoms with Crippen LogP contribution in [-0.2, 0) is 5.60 Å². The monoisotopic (exact) mass is 461 g/mol. The fraction of sp³-hybridized carbons (Fsp3) is 0.391. The van der Waals surface area contributed by atoms with E-state index in [1.807, 2.05) is 60.7 Å². The van der Waals surface area contributed by atoms with E-state index in [2.05, 4.69) is 20.2 Å². The Labute approximate surface area is 174 Å². The zero-order chi connectivity index (χ0) is 17.5. The summed E-state index contributed by atoms with van der Waals surface area (Å²) in [5, 5.41) is 11.7. The van der Waals surface area contributed by atoms with Crippen LogP contribution in [0, 0.1) is 0 Å². The molecule has 2 aromatic rings. The van der Waals surface area contributed by atoms with Crippen molar-refractivity contribution in [2.45, 2.75) is 43.4 Å². The molecule has 2 atom stereocenters. The van der Waals surface area contributed by atoms with E-state index in [0.29, 0.717) is 12.1 Å². The summed E-state index contributed by atoms with van der Waals surface area (Å²) in [5.41, 5.74) is 2.26. The first-order valence-corrected chi connectivity index (χ1v) is 9.37. The number of aliphatic hydroxyl groups is 1. The van der Waals surface area contributed by atoms with E-state index in [-0.39, 0.29) is 24.0 Å². The summed E-state index contributed by atoms with van der Waals surface area (Å²) >= 11 is 0. The van der Waals surface area contributed by atoms with Crippen molar-refractivity contribution in [1.82, 2.24) is 0 Å². The normalized spacial score (nSPS) is 24.0. The number of fused-ring (bicyclic) bond motifs is 2. The largest absolute Gasteiger partial charge is 1.00 e. The van der Waals surface area contributed by atoms with E-state index in [4.69, 9.17) is 0 Å². The number of quaternary nitrogens is 1. The third kappa shape index (κ3) is 3.37. The molecule has 2 bridgehead atoms. The average Bonchev–Trinajstić information content (AvgIpc) is 2.80. The maximum Gasteiger partial charge on any atom is 0.133 e. The van der Waals surface area contributed by atoms with E-state index in [1.165, 1.54) is 18.4 Å². The molecule has 2 heterocycles. The van der Waals surface area contributed by atoms with Gasteiger partial charge in [0.2, 0.25) is 0 Å². The van der Waals surface area contributed by atoms with Crippen molar-refractivity contribution < 1.29 is 33.6 Å². The molecule has 138 valence electrons. The second kappa shape index (κ2) is 7.45. The standard InChI is InChI=1S/C23H28NO.HI/c1-24(2)21-13-14-22(24)16-18(15-21)17-23(25,19-9-5-3-6-10-19)20-11-7-4-8-12-20;/h3-12,17,21-22,25H,13-16H2,1-2H3;1H/q+1;/p-1. The van der Waals surface area contributed by atoms with Crippen molar-refractivity contribution in [3.05, 3.63) is 83.4 Å². The highest BCUT2D eigenvalue weighted by molar-refractivity contribution is 5.42. The van der Waals surface area contributed by atoms with Gasteiger partial charge in [-0.1, -0.05) is 66.2 Å². The van der Waals surface area contributed by atoms with Crippen LogP contribution in [0.1, 0.15) is 36.8 Å². The van der Waals surface area contributed by atoms with Crippen LogP contribution in [0.2, 0.25) is 0 Å². The van der Waals surface area contributed by atoms with Gasteiger partial charge in [-0.25, -0.2) is 0 Å². The molecule has 1 N–H and O–H groups in total. The molecule has 0 saturated carbocycles. The lowest BCUT2D eigenvalue weighted by atomic mass is 9.82. The van der Waals surface area contributed by atoms with Crippen molar-refractivity contribution in [3.8, 4) is 0 Å². The Morgan fingerprint density at radius 3 is 1.69 bits per heavy atom. The second-order valence-corrected chi connectivity index (χ2v) is 8.22. The molecule has 2 unspecified atom stereocenters. The lowest BCUT2D eigenvalue weighted by molar-refractivity contribution is -0.928. The molecule has 2 nitrogen and oxygen atoms in total. The van der Waals surface area contributed by atoms with Gasteiger partial charge in [-0.2, -0.15) is 0 Å². The van der Waals surface area contributed by atoms with Crippen LogP contribution in [-0.4, -0.2) is 35.8 Å². The maximum absolute atomic E-state index is 11.7. The smallest absolute Gasteiger partial charge is 0.133 e. The molecular formula is C23H28INO. The molecule has 3 heteroatoms. The summed E-state index contributed by atoms with van der Waals surface area (Å²) < 4.78 is 1.15. The molecule has 0 aliphatic carbocycles. The van der Waals surface area contributed by atoms with Crippen molar-refractivity contribution in [1.29, 1.82) is 0 Å². The van der Waals surface area contributed by atoms with Gasteiger partial charge in [0.15, 0.2) is 0 Å². The minimum absolute atomic E-state index is 0. The second-order valence-electron chi connectivity index (χ2n) is 8.22. The molecule has 0 amide bonds. The minimum Gasteiger partial charge on any atom is -1.00 e. The van der Waals surface area contributed by atoms with Crippen LogP contribution in [0.25, 0.3) is 0 Å². The van der Waals surface area contributed by atoms with Gasteiger partial charge in [-0.05, 0) is 17.2 Å². The number of rotatable bonds is 3. The van der Waals surface area contributed by atoms with Crippen LogP contribution in [0.4, 0.5) is 0 Å². The molecular weight excluding hydrogens is 433 g/mol. The number of benzene rings is 2. The Balaban J connectivity index is 0.00000196. The van der Waals surface area contributed by atoms with Crippen LogP contribution in [0.3, 0.4) is 0 Å². The van der Waals surface area contributed by atoms with Gasteiger partial charge in [0, 0.05) is 25.7 Å². The molecule has 2 aliphatic heterocycles. The highest BCUT2D eigenvalue weighted by atomic mass is 127. The van der Waals surface area contributed by atoms with E-state index >= 15 is 0 Å². The fourth-order valence-electron chi connectivity index (χ4n) is 4.84. The summed E-state index contributed by atoms with van der Waals surface area (Å²) in [7, 11) is 4.75. The molecule has 4 rings (SSSR count). The highest BCUT2D eigenvalue weighted by Crippen LogP contribution is 2.44. The Kier molecular flexibility index (Phi) is 5.61. The average molecular weight is 461 g/mol. The van der Waals surface area contributed by atoms with Crippen LogP contribution < -0.4 is 24.0 Å². The number of hydrogen-bond donors (Lipinski definition) is 1. The Hall–Kier alpha value is -1.17. The quantitative estimate of drug-likeness (QED) is 0.415. The van der Waals surface area contributed by atoms with Crippen LogP contribution in [0.5, 0.6) is 0 Å². The van der Waals surface area contributed by atoms with E-state index in [1.54, 1.807) is 0 Å². The molecule has 0 spiro atoms. The first-order chi connectivity index (χ1) is 12.0. The van der Waals surface area contributed by atoms with Gasteiger partial charge in [-0.3, -0.25) is 0 Å². The Bertz CT molecular complexity index is 712. The number of hydrogen-bond acceptors (Lipinski definition) is 1. The molecule has 2 fully saturated rings. The zero-order valence-electron chi connectivity index (χ0n) is 15.6. The lowest BCUT2D eigenvalue weighted by Gasteiger charge is -2.43. The van der Waals surface area contributed by atoms with Crippen LogP contribution in [0.15, 0.2) is 72.3 Å². The fourth-order valence-corrected chi connectivity index (χ4v) is 4.84. The van der Waals surface area contributed by atoms with E-state index < -0.39 is 5.60 Å². The maximum atomic E-state index is 11.7. The third-order valence-corrected chi connectivity index (χ3v) is 6.55. The number of nitrogens with zero attached hydrogens (tertiary/aromatic N) is 1. The van der Waals surface area contributed by atoms with Crippen molar-refractivity contribution in [2.75, 3.05) is 14.1 Å². The van der Waals surface area contributed by atoms with E-state index in [0.717, 1.165) is 28.5 Å². The van der Waals surface area contributed by atoms with E-state index in [9.17, 15) is 5.11 Å². The summed E-state index contributed by atoms with van der Waals surface area (Å²) in [5.74, 6) is 0. The topological polar surface area (TPSA) is 20.2 Å². The van der Waals surface area contributed by atoms with Gasteiger partial charge in [0.1, 0.15) is 5.60 Å². The molecule has 2 aromatic carbocycles. The van der Waals surface area contributed by atoms with Gasteiger partial charge < -0.3 is 33.6 Å². The predicted molar refractivity (Wildman–Crippen MR) is 102 cm³/mol. The molecule has 0 aromatic heterocycles. The van der Waals surface area contributed by atoms with Crippen molar-refractivity contribution in [3.63, 3.8) is 0 Å². The first-order valence-electron chi connectivity index (χ1n) is 9.37. The molecule has 0 radical (unpaired) electrons. The summed E-state index contributed by atoms with van der Waals surface area (Å²) in [6.45, 7) is 0. The van der Waals surface area contributed by atoms with Gasteiger partial charge in [0.25, 0.3) is 0 Å². The van der Waals surface area contributed by atoms with Gasteiger partial charge in [-0.15, -0.1) is 0 Å². The number of halogens is 1. The zero-order valence-corrected chi connectivity index (χ0v) is 17.8. The molecule has 26 heavy (non-hydrogen) atoms.